The lowest BCUT2D eigenvalue weighted by molar-refractivity contribution is -0.137. The number of benzene rings is 1. The van der Waals surface area contributed by atoms with Crippen LogP contribution >= 0.6 is 24.2 Å². The van der Waals surface area contributed by atoms with Gasteiger partial charge in [-0.25, -0.2) is 0 Å². The maximum atomic E-state index is 12.5. The summed E-state index contributed by atoms with van der Waals surface area (Å²) in [6.07, 6.45) is -4.41. The molecule has 0 bridgehead atoms. The molecule has 0 atom stereocenters. The minimum Gasteiger partial charge on any atom is -0.166 e. The summed E-state index contributed by atoms with van der Waals surface area (Å²) in [4.78, 5) is 0. The van der Waals surface area contributed by atoms with Crippen LogP contribution in [0, 0.1) is 11.8 Å². The largest absolute Gasteiger partial charge is 0.417 e. The van der Waals surface area contributed by atoms with Crippen molar-refractivity contribution in [2.45, 2.75) is 6.18 Å². The van der Waals surface area contributed by atoms with Gasteiger partial charge in [-0.3, -0.25) is 0 Å². The van der Waals surface area contributed by atoms with Gasteiger partial charge < -0.3 is 0 Å². The standard InChI is InChI=1S/C10H6ClF3S/c11-8-3-4-9(10(12,13)14)7(6-8)2-1-5-15/h3-4,6,15H,5H2. The molecule has 15 heavy (non-hydrogen) atoms. The monoisotopic (exact) mass is 250 g/mol. The highest BCUT2D eigenvalue weighted by Crippen LogP contribution is 2.32. The Balaban J connectivity index is 3.27. The van der Waals surface area contributed by atoms with E-state index >= 15 is 0 Å². The van der Waals surface area contributed by atoms with Crippen LogP contribution in [0.5, 0.6) is 0 Å². The van der Waals surface area contributed by atoms with Crippen LogP contribution in [0.3, 0.4) is 0 Å². The second-order valence-corrected chi connectivity index (χ2v) is 3.40. The minimum atomic E-state index is -4.41. The van der Waals surface area contributed by atoms with Gasteiger partial charge in [0.1, 0.15) is 0 Å². The second kappa shape index (κ2) is 4.82. The van der Waals surface area contributed by atoms with E-state index in [4.69, 9.17) is 11.6 Å². The summed E-state index contributed by atoms with van der Waals surface area (Å²) >= 11 is 9.39. The molecule has 0 saturated carbocycles. The molecular formula is C10H6ClF3S. The summed E-state index contributed by atoms with van der Waals surface area (Å²) in [5.74, 6) is 5.04. The Kier molecular flexibility index (Phi) is 3.95. The Bertz CT molecular complexity index is 415. The Morgan fingerprint density at radius 1 is 1.33 bits per heavy atom. The molecule has 1 aromatic carbocycles. The fourth-order valence-electron chi connectivity index (χ4n) is 1.00. The van der Waals surface area contributed by atoms with Gasteiger partial charge in [0.2, 0.25) is 0 Å². The number of thiol groups is 1. The summed E-state index contributed by atoms with van der Waals surface area (Å²) in [6, 6.07) is 3.31. The lowest BCUT2D eigenvalue weighted by atomic mass is 10.1. The molecule has 0 aromatic heterocycles. The summed E-state index contributed by atoms with van der Waals surface area (Å²) in [7, 11) is 0. The highest BCUT2D eigenvalue weighted by molar-refractivity contribution is 7.80. The summed E-state index contributed by atoms with van der Waals surface area (Å²) < 4.78 is 37.4. The van der Waals surface area contributed by atoms with Gasteiger partial charge in [0, 0.05) is 10.6 Å². The predicted octanol–water partition coefficient (Wildman–Crippen LogP) is 3.64. The minimum absolute atomic E-state index is 0.121. The van der Waals surface area contributed by atoms with Crippen molar-refractivity contribution in [2.24, 2.45) is 0 Å². The molecule has 0 saturated heterocycles. The molecule has 0 aliphatic heterocycles. The van der Waals surface area contributed by atoms with Crippen molar-refractivity contribution in [3.05, 3.63) is 34.3 Å². The molecule has 0 radical (unpaired) electrons. The fourth-order valence-corrected chi connectivity index (χ4v) is 1.25. The van der Waals surface area contributed by atoms with E-state index in [1.165, 1.54) is 12.1 Å². The van der Waals surface area contributed by atoms with E-state index in [0.717, 1.165) is 6.07 Å². The molecule has 1 aromatic rings. The fraction of sp³-hybridized carbons (Fsp3) is 0.200. The van der Waals surface area contributed by atoms with E-state index < -0.39 is 11.7 Å². The van der Waals surface area contributed by atoms with E-state index in [-0.39, 0.29) is 16.3 Å². The number of alkyl halides is 3. The molecule has 0 spiro atoms. The first kappa shape index (κ1) is 12.3. The third kappa shape index (κ3) is 3.37. The van der Waals surface area contributed by atoms with Crippen molar-refractivity contribution in [1.82, 2.24) is 0 Å². The van der Waals surface area contributed by atoms with Gasteiger partial charge in [-0.15, -0.1) is 0 Å². The summed E-state index contributed by atoms with van der Waals surface area (Å²) in [5, 5.41) is 0.228. The maximum absolute atomic E-state index is 12.5. The van der Waals surface area contributed by atoms with Crippen LogP contribution in [-0.2, 0) is 6.18 Å². The van der Waals surface area contributed by atoms with Crippen LogP contribution in [-0.4, -0.2) is 5.75 Å². The highest BCUT2D eigenvalue weighted by Gasteiger charge is 2.32. The number of rotatable bonds is 0. The first-order chi connectivity index (χ1) is 6.95. The van der Waals surface area contributed by atoms with Crippen molar-refractivity contribution >= 4 is 24.2 Å². The van der Waals surface area contributed by atoms with Gasteiger partial charge >= 0.3 is 6.18 Å². The van der Waals surface area contributed by atoms with Gasteiger partial charge in [0.15, 0.2) is 0 Å². The van der Waals surface area contributed by atoms with E-state index in [2.05, 4.69) is 24.5 Å². The van der Waals surface area contributed by atoms with Crippen LogP contribution in [0.1, 0.15) is 11.1 Å². The smallest absolute Gasteiger partial charge is 0.166 e. The molecule has 0 nitrogen and oxygen atoms in total. The van der Waals surface area contributed by atoms with Gasteiger partial charge in [-0.2, -0.15) is 25.8 Å². The zero-order chi connectivity index (χ0) is 11.5. The van der Waals surface area contributed by atoms with Crippen molar-refractivity contribution in [3.63, 3.8) is 0 Å². The van der Waals surface area contributed by atoms with Gasteiger partial charge in [0.05, 0.1) is 11.3 Å². The maximum Gasteiger partial charge on any atom is 0.417 e. The Hall–Kier alpha value is -0.790. The lowest BCUT2D eigenvalue weighted by Crippen LogP contribution is -2.07. The molecule has 0 unspecified atom stereocenters. The van der Waals surface area contributed by atoms with Crippen molar-refractivity contribution in [3.8, 4) is 11.8 Å². The Morgan fingerprint density at radius 3 is 2.53 bits per heavy atom. The highest BCUT2D eigenvalue weighted by atomic mass is 35.5. The molecule has 0 aliphatic rings. The molecular weight excluding hydrogens is 245 g/mol. The van der Waals surface area contributed by atoms with Crippen LogP contribution < -0.4 is 0 Å². The SMILES string of the molecule is FC(F)(F)c1ccc(Cl)cc1C#CCS. The van der Waals surface area contributed by atoms with Gasteiger partial charge in [0.25, 0.3) is 0 Å². The van der Waals surface area contributed by atoms with Crippen LogP contribution in [0.25, 0.3) is 0 Å². The van der Waals surface area contributed by atoms with E-state index in [0.29, 0.717) is 0 Å². The molecule has 0 fully saturated rings. The molecule has 0 heterocycles. The first-order valence-electron chi connectivity index (χ1n) is 3.91. The van der Waals surface area contributed by atoms with Gasteiger partial charge in [-0.05, 0) is 18.2 Å². The normalized spacial score (nSPS) is 10.7. The lowest BCUT2D eigenvalue weighted by Gasteiger charge is -2.08. The zero-order valence-electron chi connectivity index (χ0n) is 7.40. The van der Waals surface area contributed by atoms with Crippen molar-refractivity contribution < 1.29 is 13.2 Å². The second-order valence-electron chi connectivity index (χ2n) is 2.65. The molecule has 0 N–H and O–H groups in total. The van der Waals surface area contributed by atoms with Crippen molar-refractivity contribution in [2.75, 3.05) is 5.75 Å². The molecule has 1 rings (SSSR count). The third-order valence-electron chi connectivity index (χ3n) is 1.59. The summed E-state index contributed by atoms with van der Waals surface area (Å²) in [5.41, 5.74) is -0.898. The predicted molar refractivity (Wildman–Crippen MR) is 57.2 cm³/mol. The van der Waals surface area contributed by atoms with E-state index in [1.54, 1.807) is 0 Å². The average molecular weight is 251 g/mol. The first-order valence-corrected chi connectivity index (χ1v) is 4.92. The molecule has 80 valence electrons. The third-order valence-corrected chi connectivity index (χ3v) is 1.98. The number of hydrogen-bond acceptors (Lipinski definition) is 1. The Morgan fingerprint density at radius 2 is 2.00 bits per heavy atom. The van der Waals surface area contributed by atoms with E-state index in [1.807, 2.05) is 0 Å². The number of hydrogen-bond donors (Lipinski definition) is 1. The molecule has 0 amide bonds. The molecule has 0 aliphatic carbocycles. The topological polar surface area (TPSA) is 0 Å². The molecule has 5 heteroatoms. The van der Waals surface area contributed by atoms with Gasteiger partial charge in [-0.1, -0.05) is 23.4 Å². The Labute approximate surface area is 95.8 Å². The summed E-state index contributed by atoms with van der Waals surface area (Å²) in [6.45, 7) is 0. The zero-order valence-corrected chi connectivity index (χ0v) is 9.05. The average Bonchev–Trinajstić information content (AvgIpc) is 2.12. The van der Waals surface area contributed by atoms with Crippen molar-refractivity contribution in [1.29, 1.82) is 0 Å². The van der Waals surface area contributed by atoms with E-state index in [9.17, 15) is 13.2 Å². The van der Waals surface area contributed by atoms with Crippen LogP contribution in [0.4, 0.5) is 13.2 Å². The quantitative estimate of drug-likeness (QED) is 0.527. The number of halogens is 4. The van der Waals surface area contributed by atoms with Crippen LogP contribution in [0.15, 0.2) is 18.2 Å². The van der Waals surface area contributed by atoms with Crippen LogP contribution in [0.2, 0.25) is 5.02 Å².